The lowest BCUT2D eigenvalue weighted by atomic mass is 9.63. The Hall–Kier alpha value is -3.19. The van der Waals surface area contributed by atoms with Crippen molar-refractivity contribution in [2.75, 3.05) is 4.90 Å². The fourth-order valence-electron chi connectivity index (χ4n) is 5.48. The first-order valence-electron chi connectivity index (χ1n) is 14.7. The van der Waals surface area contributed by atoms with Crippen LogP contribution in [0.4, 0.5) is 11.4 Å². The van der Waals surface area contributed by atoms with Crippen LogP contribution in [-0.4, -0.2) is 34.6 Å². The van der Waals surface area contributed by atoms with Gasteiger partial charge in [-0.15, -0.1) is 0 Å². The molecule has 218 valence electrons. The maximum atomic E-state index is 13.6. The van der Waals surface area contributed by atoms with Crippen molar-refractivity contribution in [2.45, 2.75) is 116 Å². The van der Waals surface area contributed by atoms with Crippen molar-refractivity contribution in [3.63, 3.8) is 0 Å². The van der Waals surface area contributed by atoms with E-state index in [1.807, 2.05) is 12.1 Å². The number of carbonyl (C=O) groups excluding carboxylic acids is 1. The number of amides is 1. The number of rotatable bonds is 14. The number of hydrogen-bond donors (Lipinski definition) is 2. The summed E-state index contributed by atoms with van der Waals surface area (Å²) in [5.41, 5.74) is 3.07. The number of unbranched alkanes of at least 4 members (excludes halogenated alkanes) is 6. The van der Waals surface area contributed by atoms with Crippen LogP contribution >= 0.6 is 0 Å². The second kappa shape index (κ2) is 13.9. The molecule has 0 saturated carbocycles. The number of oxime groups is 1. The van der Waals surface area contributed by atoms with E-state index in [1.165, 1.54) is 42.2 Å². The molecule has 1 unspecified atom stereocenters. The van der Waals surface area contributed by atoms with Crippen LogP contribution in [0.3, 0.4) is 0 Å². The topological polar surface area (TPSA) is 99.4 Å². The molecule has 3 rings (SSSR count). The smallest absolute Gasteiger partial charge is 0.337 e. The van der Waals surface area contributed by atoms with E-state index < -0.39 is 18.2 Å². The molecule has 2 aromatic carbocycles. The van der Waals surface area contributed by atoms with E-state index in [2.05, 4.69) is 45.8 Å². The zero-order valence-corrected chi connectivity index (χ0v) is 24.8. The Labute approximate surface area is 239 Å². The number of carbonyl (C=O) groups is 2. The molecule has 0 spiro atoms. The van der Waals surface area contributed by atoms with E-state index in [1.54, 1.807) is 18.2 Å². The summed E-state index contributed by atoms with van der Waals surface area (Å²) in [5.74, 6) is -1.70. The Bertz CT molecular complexity index is 1190. The van der Waals surface area contributed by atoms with Crippen LogP contribution in [0.15, 0.2) is 47.6 Å². The zero-order chi connectivity index (χ0) is 29.3. The minimum absolute atomic E-state index is 0.00134. The van der Waals surface area contributed by atoms with Crippen molar-refractivity contribution in [3.05, 3.63) is 59.2 Å². The summed E-state index contributed by atoms with van der Waals surface area (Å²) in [6, 6.07) is 12.3. The molecule has 1 aliphatic carbocycles. The average Bonchev–Trinajstić information content (AvgIpc) is 2.91. The van der Waals surface area contributed by atoms with Gasteiger partial charge in [0.15, 0.2) is 0 Å². The molecule has 0 bridgehead atoms. The fourth-order valence-corrected chi connectivity index (χ4v) is 5.48. The quantitative estimate of drug-likeness (QED) is 0.108. The highest BCUT2D eigenvalue weighted by Crippen LogP contribution is 2.47. The highest BCUT2D eigenvalue weighted by atomic mass is 16.7. The average molecular weight is 551 g/mol. The summed E-state index contributed by atoms with van der Waals surface area (Å²) in [5, 5.41) is 23.8. The number of hydrogen-bond acceptors (Lipinski definition) is 5. The first-order valence-corrected chi connectivity index (χ1v) is 14.7. The number of benzene rings is 2. The predicted octanol–water partition coefficient (Wildman–Crippen LogP) is 7.86. The van der Waals surface area contributed by atoms with Crippen LogP contribution in [-0.2, 0) is 20.5 Å². The molecule has 0 aliphatic heterocycles. The first-order chi connectivity index (χ1) is 19.0. The summed E-state index contributed by atoms with van der Waals surface area (Å²) < 4.78 is 0. The molecule has 2 aromatic rings. The molecule has 0 heterocycles. The Kier molecular flexibility index (Phi) is 10.9. The van der Waals surface area contributed by atoms with Crippen molar-refractivity contribution < 1.29 is 24.6 Å². The van der Waals surface area contributed by atoms with Gasteiger partial charge in [0.25, 0.3) is 5.91 Å². The number of carboxylic acids is 1. The molecule has 0 radical (unpaired) electrons. The monoisotopic (exact) mass is 550 g/mol. The van der Waals surface area contributed by atoms with Crippen LogP contribution in [0.25, 0.3) is 0 Å². The van der Waals surface area contributed by atoms with Crippen LogP contribution in [0, 0.1) is 0 Å². The molecule has 1 amide bonds. The van der Waals surface area contributed by atoms with Gasteiger partial charge in [0, 0.05) is 12.1 Å². The van der Waals surface area contributed by atoms with Gasteiger partial charge < -0.3 is 15.1 Å². The molecule has 40 heavy (non-hydrogen) atoms. The van der Waals surface area contributed by atoms with Crippen LogP contribution < -0.4 is 4.90 Å². The number of aromatic carboxylic acids is 1. The van der Waals surface area contributed by atoms with Crippen molar-refractivity contribution in [1.29, 1.82) is 0 Å². The van der Waals surface area contributed by atoms with E-state index in [4.69, 9.17) is 4.84 Å². The standard InChI is InChI=1S/C33H46N2O5/c1-6-7-8-9-10-11-12-17-30(37)40-34-23-29(36)35(28-16-14-13-15-25(28)31(38)39)24-18-19-26-27(22-24)33(4,5)21-20-32(26,2)3/h13-16,18-19,22-23,30,37H,6-12,17,20-21H2,1-5H3,(H,38,39). The summed E-state index contributed by atoms with van der Waals surface area (Å²) in [6.45, 7) is 11.0. The Morgan fingerprint density at radius 1 is 0.950 bits per heavy atom. The number of nitrogens with zero attached hydrogens (tertiary/aromatic N) is 2. The van der Waals surface area contributed by atoms with Crippen molar-refractivity contribution in [1.82, 2.24) is 0 Å². The van der Waals surface area contributed by atoms with Gasteiger partial charge in [0.2, 0.25) is 6.29 Å². The number of carboxylic acid groups (broad SMARTS) is 1. The van der Waals surface area contributed by atoms with Gasteiger partial charge in [-0.1, -0.05) is 96.5 Å². The number of anilines is 2. The molecule has 7 heteroatoms. The van der Waals surface area contributed by atoms with Gasteiger partial charge in [-0.05, 0) is 65.5 Å². The highest BCUT2D eigenvalue weighted by Gasteiger charge is 2.37. The summed E-state index contributed by atoms with van der Waals surface area (Å²) in [7, 11) is 0. The van der Waals surface area contributed by atoms with Crippen LogP contribution in [0.1, 0.15) is 120 Å². The van der Waals surface area contributed by atoms with E-state index >= 15 is 0 Å². The lowest BCUT2D eigenvalue weighted by Gasteiger charge is -2.42. The molecule has 1 atom stereocenters. The fraction of sp³-hybridized carbons (Fsp3) is 0.545. The molecular weight excluding hydrogens is 504 g/mol. The number of fused-ring (bicyclic) bond motifs is 1. The summed E-state index contributed by atoms with van der Waals surface area (Å²) in [4.78, 5) is 32.2. The third kappa shape index (κ3) is 7.94. The molecule has 0 aromatic heterocycles. The maximum Gasteiger partial charge on any atom is 0.337 e. The molecule has 0 fully saturated rings. The van der Waals surface area contributed by atoms with Gasteiger partial charge in [0.1, 0.15) is 6.21 Å². The largest absolute Gasteiger partial charge is 0.478 e. The van der Waals surface area contributed by atoms with E-state index in [0.717, 1.165) is 43.9 Å². The SMILES string of the molecule is CCCCCCCCCC(O)ON=CC(=O)N(c1ccc2c(c1)C(C)(C)CCC2(C)C)c1ccccc1C(=O)O. The zero-order valence-electron chi connectivity index (χ0n) is 24.8. The Morgan fingerprint density at radius 2 is 1.57 bits per heavy atom. The maximum absolute atomic E-state index is 13.6. The third-order valence-electron chi connectivity index (χ3n) is 8.09. The number of aliphatic hydroxyl groups is 1. The molecular formula is C33H46N2O5. The second-order valence-electron chi connectivity index (χ2n) is 12.2. The van der Waals surface area contributed by atoms with Crippen molar-refractivity contribution in [3.8, 4) is 0 Å². The van der Waals surface area contributed by atoms with Gasteiger partial charge >= 0.3 is 5.97 Å². The van der Waals surface area contributed by atoms with E-state index in [9.17, 15) is 19.8 Å². The van der Waals surface area contributed by atoms with Gasteiger partial charge in [-0.25, -0.2) is 4.79 Å². The van der Waals surface area contributed by atoms with Crippen molar-refractivity contribution in [2.24, 2.45) is 5.16 Å². The lowest BCUT2D eigenvalue weighted by Crippen LogP contribution is -2.35. The second-order valence-corrected chi connectivity index (χ2v) is 12.2. The molecule has 0 saturated heterocycles. The Morgan fingerprint density at radius 3 is 2.25 bits per heavy atom. The molecule has 1 aliphatic rings. The minimum atomic E-state index is -1.13. The number of aliphatic hydroxyl groups excluding tert-OH is 1. The van der Waals surface area contributed by atoms with E-state index in [-0.39, 0.29) is 22.1 Å². The summed E-state index contributed by atoms with van der Waals surface area (Å²) >= 11 is 0. The van der Waals surface area contributed by atoms with Gasteiger partial charge in [-0.2, -0.15) is 0 Å². The molecule has 2 N–H and O–H groups in total. The van der Waals surface area contributed by atoms with Crippen LogP contribution in [0.2, 0.25) is 0 Å². The first kappa shape index (κ1) is 31.3. The summed E-state index contributed by atoms with van der Waals surface area (Å²) in [6.07, 6.45) is 10.2. The number of para-hydroxylation sites is 1. The van der Waals surface area contributed by atoms with Gasteiger partial charge in [-0.3, -0.25) is 9.69 Å². The van der Waals surface area contributed by atoms with Gasteiger partial charge in [0.05, 0.1) is 11.3 Å². The normalized spacial score (nSPS) is 16.4. The highest BCUT2D eigenvalue weighted by molar-refractivity contribution is 6.35. The third-order valence-corrected chi connectivity index (χ3v) is 8.09. The predicted molar refractivity (Wildman–Crippen MR) is 160 cm³/mol. The van der Waals surface area contributed by atoms with Crippen molar-refractivity contribution >= 4 is 29.5 Å². The van der Waals surface area contributed by atoms with E-state index in [0.29, 0.717) is 12.1 Å². The van der Waals surface area contributed by atoms with Crippen LogP contribution in [0.5, 0.6) is 0 Å². The Balaban J connectivity index is 1.82. The minimum Gasteiger partial charge on any atom is -0.478 e. The molecule has 7 nitrogen and oxygen atoms in total. The lowest BCUT2D eigenvalue weighted by molar-refractivity contribution is -0.113.